The summed E-state index contributed by atoms with van der Waals surface area (Å²) in [7, 11) is 0. The molecule has 0 bridgehead atoms. The van der Waals surface area contributed by atoms with Crippen LogP contribution in [0.2, 0.25) is 5.02 Å². The average Bonchev–Trinajstić information content (AvgIpc) is 2.49. The lowest BCUT2D eigenvalue weighted by Crippen LogP contribution is -2.23. The number of anilines is 3. The summed E-state index contributed by atoms with van der Waals surface area (Å²) in [6.07, 6.45) is -4.53. The lowest BCUT2D eigenvalue weighted by molar-refractivity contribution is -0.136. The summed E-state index contributed by atoms with van der Waals surface area (Å²) in [4.78, 5) is 10.5. The van der Waals surface area contributed by atoms with Crippen LogP contribution >= 0.6 is 11.6 Å². The zero-order chi connectivity index (χ0) is 17.9. The van der Waals surface area contributed by atoms with E-state index in [4.69, 9.17) is 11.6 Å². The van der Waals surface area contributed by atoms with Crippen LogP contribution in [0.3, 0.4) is 0 Å². The number of nitrogens with zero attached hydrogens (tertiary/aromatic N) is 3. The molecule has 0 atom stereocenters. The van der Waals surface area contributed by atoms with Crippen LogP contribution in [0, 0.1) is 6.92 Å². The number of hydrogen-bond acceptors (Lipinski definition) is 4. The highest BCUT2D eigenvalue weighted by molar-refractivity contribution is 6.30. The van der Waals surface area contributed by atoms with Gasteiger partial charge in [-0.15, -0.1) is 0 Å². The third-order valence-corrected chi connectivity index (χ3v) is 3.70. The minimum atomic E-state index is -4.53. The van der Waals surface area contributed by atoms with Gasteiger partial charge in [0.2, 0.25) is 5.95 Å². The molecule has 0 radical (unpaired) electrons. The summed E-state index contributed by atoms with van der Waals surface area (Å²) in [5.74, 6) is 0.780. The molecule has 130 valence electrons. The van der Waals surface area contributed by atoms with Gasteiger partial charge in [0, 0.05) is 29.9 Å². The molecule has 0 spiro atoms. The fourth-order valence-corrected chi connectivity index (χ4v) is 2.47. The SMILES string of the molecule is CCN(CC)c1cc(C)nc(Nc2ccc(Cl)cc2C(F)(F)F)n1. The van der Waals surface area contributed by atoms with Crippen molar-refractivity contribution in [3.8, 4) is 0 Å². The molecular weight excluding hydrogens is 341 g/mol. The van der Waals surface area contributed by atoms with Crippen LogP contribution in [0.25, 0.3) is 0 Å². The normalized spacial score (nSPS) is 11.5. The first-order valence-electron chi connectivity index (χ1n) is 7.49. The molecule has 0 aliphatic heterocycles. The molecule has 0 fully saturated rings. The van der Waals surface area contributed by atoms with Gasteiger partial charge >= 0.3 is 6.18 Å². The van der Waals surface area contributed by atoms with E-state index in [-0.39, 0.29) is 16.7 Å². The summed E-state index contributed by atoms with van der Waals surface area (Å²) in [6, 6.07) is 5.34. The van der Waals surface area contributed by atoms with Crippen molar-refractivity contribution in [3.63, 3.8) is 0 Å². The van der Waals surface area contributed by atoms with Gasteiger partial charge in [0.25, 0.3) is 0 Å². The van der Waals surface area contributed by atoms with E-state index in [9.17, 15) is 13.2 Å². The second-order valence-corrected chi connectivity index (χ2v) is 5.61. The highest BCUT2D eigenvalue weighted by Crippen LogP contribution is 2.37. The number of halogens is 4. The maximum absolute atomic E-state index is 13.2. The molecule has 1 N–H and O–H groups in total. The molecule has 1 heterocycles. The van der Waals surface area contributed by atoms with Gasteiger partial charge in [0.15, 0.2) is 0 Å². The topological polar surface area (TPSA) is 41.1 Å². The Morgan fingerprint density at radius 2 is 1.79 bits per heavy atom. The highest BCUT2D eigenvalue weighted by atomic mass is 35.5. The van der Waals surface area contributed by atoms with E-state index in [0.717, 1.165) is 19.2 Å². The minimum absolute atomic E-state index is 0.0156. The number of alkyl halides is 3. The number of benzene rings is 1. The lowest BCUT2D eigenvalue weighted by Gasteiger charge is -2.21. The highest BCUT2D eigenvalue weighted by Gasteiger charge is 2.34. The standard InChI is InChI=1S/C16H18ClF3N4/c1-4-24(5-2)14-8-10(3)21-15(23-14)22-13-7-6-11(17)9-12(13)16(18,19)20/h6-9H,4-5H2,1-3H3,(H,21,22,23). The maximum Gasteiger partial charge on any atom is 0.418 e. The molecule has 0 amide bonds. The van der Waals surface area contributed by atoms with E-state index in [0.29, 0.717) is 11.5 Å². The Morgan fingerprint density at radius 3 is 2.38 bits per heavy atom. The van der Waals surface area contributed by atoms with Crippen LogP contribution in [0.5, 0.6) is 0 Å². The van der Waals surface area contributed by atoms with E-state index in [1.807, 2.05) is 18.7 Å². The molecule has 0 aliphatic rings. The molecule has 1 aromatic heterocycles. The summed E-state index contributed by atoms with van der Waals surface area (Å²) in [5, 5.41) is 2.68. The molecule has 8 heteroatoms. The van der Waals surface area contributed by atoms with E-state index >= 15 is 0 Å². The van der Waals surface area contributed by atoms with Gasteiger partial charge in [-0.1, -0.05) is 11.6 Å². The van der Waals surface area contributed by atoms with Gasteiger partial charge in [0.1, 0.15) is 5.82 Å². The zero-order valence-corrected chi connectivity index (χ0v) is 14.3. The largest absolute Gasteiger partial charge is 0.418 e. The number of rotatable bonds is 5. The van der Waals surface area contributed by atoms with Crippen LogP contribution in [-0.2, 0) is 6.18 Å². The second-order valence-electron chi connectivity index (χ2n) is 5.18. The van der Waals surface area contributed by atoms with Crippen LogP contribution in [0.4, 0.5) is 30.6 Å². The third kappa shape index (κ3) is 4.29. The smallest absolute Gasteiger partial charge is 0.357 e. The first kappa shape index (κ1) is 18.3. The minimum Gasteiger partial charge on any atom is -0.357 e. The van der Waals surface area contributed by atoms with Gasteiger partial charge in [-0.05, 0) is 39.0 Å². The molecule has 24 heavy (non-hydrogen) atoms. The van der Waals surface area contributed by atoms with Crippen LogP contribution in [0.1, 0.15) is 25.1 Å². The van der Waals surface area contributed by atoms with E-state index in [1.54, 1.807) is 13.0 Å². The lowest BCUT2D eigenvalue weighted by atomic mass is 10.1. The summed E-state index contributed by atoms with van der Waals surface area (Å²) >= 11 is 5.69. The first-order valence-corrected chi connectivity index (χ1v) is 7.86. The van der Waals surface area contributed by atoms with Gasteiger partial charge < -0.3 is 10.2 Å². The molecule has 2 rings (SSSR count). The van der Waals surface area contributed by atoms with Gasteiger partial charge in [-0.2, -0.15) is 18.2 Å². The fraction of sp³-hybridized carbons (Fsp3) is 0.375. The van der Waals surface area contributed by atoms with Crippen molar-refractivity contribution in [1.29, 1.82) is 0 Å². The van der Waals surface area contributed by atoms with Crippen molar-refractivity contribution in [2.24, 2.45) is 0 Å². The van der Waals surface area contributed by atoms with E-state index < -0.39 is 11.7 Å². The van der Waals surface area contributed by atoms with Crippen LogP contribution < -0.4 is 10.2 Å². The molecule has 4 nitrogen and oxygen atoms in total. The Hall–Kier alpha value is -2.02. The van der Waals surface area contributed by atoms with Crippen molar-refractivity contribution < 1.29 is 13.2 Å². The average molecular weight is 359 g/mol. The van der Waals surface area contributed by atoms with Crippen molar-refractivity contribution in [2.45, 2.75) is 26.9 Å². The quantitative estimate of drug-likeness (QED) is 0.812. The van der Waals surface area contributed by atoms with Crippen molar-refractivity contribution in [3.05, 3.63) is 40.5 Å². The van der Waals surface area contributed by atoms with Crippen molar-refractivity contribution in [2.75, 3.05) is 23.3 Å². The van der Waals surface area contributed by atoms with Gasteiger partial charge in [0.05, 0.1) is 11.3 Å². The van der Waals surface area contributed by atoms with Crippen molar-refractivity contribution >= 4 is 29.1 Å². The van der Waals surface area contributed by atoms with Gasteiger partial charge in [-0.3, -0.25) is 0 Å². The molecule has 1 aromatic carbocycles. The third-order valence-electron chi connectivity index (χ3n) is 3.46. The Kier molecular flexibility index (Phi) is 5.54. The number of nitrogens with one attached hydrogen (secondary N) is 1. The molecule has 2 aromatic rings. The summed E-state index contributed by atoms with van der Waals surface area (Å²) in [6.45, 7) is 7.21. The Labute approximate surface area is 143 Å². The van der Waals surface area contributed by atoms with Crippen molar-refractivity contribution in [1.82, 2.24) is 9.97 Å². The molecule has 0 unspecified atom stereocenters. The van der Waals surface area contributed by atoms with E-state index in [2.05, 4.69) is 15.3 Å². The Balaban J connectivity index is 2.42. The van der Waals surface area contributed by atoms with E-state index in [1.165, 1.54) is 12.1 Å². The molecular formula is C16H18ClF3N4. The fourth-order valence-electron chi connectivity index (χ4n) is 2.30. The first-order chi connectivity index (χ1) is 11.2. The number of aryl methyl sites for hydroxylation is 1. The van der Waals surface area contributed by atoms with Gasteiger partial charge in [-0.25, -0.2) is 4.98 Å². The number of hydrogen-bond donors (Lipinski definition) is 1. The van der Waals surface area contributed by atoms with Crippen LogP contribution in [-0.4, -0.2) is 23.1 Å². The Bertz CT molecular complexity index is 715. The predicted octanol–water partition coefficient (Wildman–Crippen LogP) is 5.05. The zero-order valence-electron chi connectivity index (χ0n) is 13.6. The monoisotopic (exact) mass is 358 g/mol. The van der Waals surface area contributed by atoms with Crippen LogP contribution in [0.15, 0.2) is 24.3 Å². The Morgan fingerprint density at radius 1 is 1.12 bits per heavy atom. The molecule has 0 saturated carbocycles. The summed E-state index contributed by atoms with van der Waals surface area (Å²) < 4.78 is 39.5. The maximum atomic E-state index is 13.2. The molecule has 0 aliphatic carbocycles. The molecule has 0 saturated heterocycles. The number of aromatic nitrogens is 2. The second kappa shape index (κ2) is 7.25. The summed E-state index contributed by atoms with van der Waals surface area (Å²) in [5.41, 5.74) is -0.329. The predicted molar refractivity (Wildman–Crippen MR) is 90.1 cm³/mol.